The molecule has 0 aliphatic rings. The summed E-state index contributed by atoms with van der Waals surface area (Å²) in [5, 5.41) is 4.30. The molecule has 0 bridgehead atoms. The molecular formula is C15H16Cl2N2O. The lowest BCUT2D eigenvalue weighted by molar-refractivity contribution is 0.453. The first-order valence-corrected chi connectivity index (χ1v) is 7.24. The van der Waals surface area contributed by atoms with E-state index in [0.29, 0.717) is 21.7 Å². The Morgan fingerprint density at radius 3 is 2.80 bits per heavy atom. The van der Waals surface area contributed by atoms with Gasteiger partial charge in [0.2, 0.25) is 5.88 Å². The van der Waals surface area contributed by atoms with Gasteiger partial charge in [-0.15, -0.1) is 0 Å². The van der Waals surface area contributed by atoms with E-state index in [-0.39, 0.29) is 0 Å². The average molecular weight is 311 g/mol. The topological polar surface area (TPSA) is 34.2 Å². The van der Waals surface area contributed by atoms with Gasteiger partial charge >= 0.3 is 0 Å². The normalized spacial score (nSPS) is 10.6. The molecule has 1 aromatic heterocycles. The van der Waals surface area contributed by atoms with E-state index in [1.54, 1.807) is 24.4 Å². The molecule has 2 rings (SSSR count). The first-order chi connectivity index (χ1) is 9.70. The highest BCUT2D eigenvalue weighted by molar-refractivity contribution is 6.42. The van der Waals surface area contributed by atoms with Gasteiger partial charge in [-0.1, -0.05) is 36.2 Å². The van der Waals surface area contributed by atoms with Crippen molar-refractivity contribution < 1.29 is 4.74 Å². The molecule has 20 heavy (non-hydrogen) atoms. The SMILES string of the molecule is CCCNCc1cccnc1Oc1ccc(Cl)c(Cl)c1. The number of ether oxygens (including phenoxy) is 1. The number of hydrogen-bond acceptors (Lipinski definition) is 3. The Morgan fingerprint density at radius 1 is 1.20 bits per heavy atom. The molecule has 0 aliphatic carbocycles. The van der Waals surface area contributed by atoms with E-state index in [1.807, 2.05) is 12.1 Å². The molecule has 2 aromatic rings. The Bertz CT molecular complexity index is 576. The molecule has 1 N–H and O–H groups in total. The maximum Gasteiger partial charge on any atom is 0.223 e. The molecule has 0 saturated heterocycles. The molecule has 0 fully saturated rings. The summed E-state index contributed by atoms with van der Waals surface area (Å²) in [6.07, 6.45) is 2.79. The van der Waals surface area contributed by atoms with Crippen molar-refractivity contribution in [2.75, 3.05) is 6.54 Å². The minimum atomic E-state index is 0.464. The second kappa shape index (κ2) is 7.48. The van der Waals surface area contributed by atoms with Crippen molar-refractivity contribution in [1.29, 1.82) is 0 Å². The average Bonchev–Trinajstić information content (AvgIpc) is 2.45. The maximum atomic E-state index is 5.98. The van der Waals surface area contributed by atoms with Crippen LogP contribution in [0.3, 0.4) is 0 Å². The molecule has 0 atom stereocenters. The zero-order valence-electron chi connectivity index (χ0n) is 11.2. The molecule has 0 radical (unpaired) electrons. The Balaban J connectivity index is 2.13. The molecule has 1 aromatic carbocycles. The molecule has 0 spiro atoms. The fourth-order valence-electron chi connectivity index (χ4n) is 1.70. The van der Waals surface area contributed by atoms with Crippen molar-refractivity contribution >= 4 is 23.2 Å². The van der Waals surface area contributed by atoms with E-state index in [4.69, 9.17) is 27.9 Å². The van der Waals surface area contributed by atoms with Crippen molar-refractivity contribution in [3.05, 3.63) is 52.1 Å². The van der Waals surface area contributed by atoms with Crippen LogP contribution in [0.25, 0.3) is 0 Å². The number of rotatable bonds is 6. The van der Waals surface area contributed by atoms with Gasteiger partial charge < -0.3 is 10.1 Å². The second-order valence-electron chi connectivity index (χ2n) is 4.32. The smallest absolute Gasteiger partial charge is 0.223 e. The Hall–Kier alpha value is -1.29. The number of halogens is 2. The Kier molecular flexibility index (Phi) is 5.65. The van der Waals surface area contributed by atoms with Gasteiger partial charge in [-0.2, -0.15) is 0 Å². The summed E-state index contributed by atoms with van der Waals surface area (Å²) in [5.74, 6) is 1.20. The van der Waals surface area contributed by atoms with Gasteiger partial charge in [0.15, 0.2) is 0 Å². The minimum absolute atomic E-state index is 0.464. The third-order valence-corrected chi connectivity index (χ3v) is 3.44. The summed E-state index contributed by atoms with van der Waals surface area (Å²) in [6.45, 7) is 3.81. The minimum Gasteiger partial charge on any atom is -0.439 e. The van der Waals surface area contributed by atoms with Crippen molar-refractivity contribution in [1.82, 2.24) is 10.3 Å². The van der Waals surface area contributed by atoms with Crippen molar-refractivity contribution in [2.45, 2.75) is 19.9 Å². The van der Waals surface area contributed by atoms with E-state index < -0.39 is 0 Å². The molecule has 5 heteroatoms. The van der Waals surface area contributed by atoms with Crippen molar-refractivity contribution in [3.8, 4) is 11.6 Å². The van der Waals surface area contributed by atoms with Gasteiger partial charge in [-0.25, -0.2) is 4.98 Å². The molecule has 3 nitrogen and oxygen atoms in total. The van der Waals surface area contributed by atoms with Gasteiger partial charge in [0.05, 0.1) is 10.0 Å². The van der Waals surface area contributed by atoms with E-state index in [0.717, 1.165) is 25.1 Å². The number of aromatic nitrogens is 1. The van der Waals surface area contributed by atoms with Gasteiger partial charge in [0, 0.05) is 24.4 Å². The van der Waals surface area contributed by atoms with Crippen molar-refractivity contribution in [2.24, 2.45) is 0 Å². The first kappa shape index (κ1) is 15.1. The van der Waals surface area contributed by atoms with E-state index in [9.17, 15) is 0 Å². The third kappa shape index (κ3) is 4.10. The highest BCUT2D eigenvalue weighted by atomic mass is 35.5. The fraction of sp³-hybridized carbons (Fsp3) is 0.267. The van der Waals surface area contributed by atoms with Crippen LogP contribution in [0.5, 0.6) is 11.6 Å². The van der Waals surface area contributed by atoms with E-state index in [1.165, 1.54) is 0 Å². The highest BCUT2D eigenvalue weighted by Gasteiger charge is 2.07. The number of benzene rings is 1. The van der Waals surface area contributed by atoms with Crippen LogP contribution >= 0.6 is 23.2 Å². The summed E-state index contributed by atoms with van der Waals surface area (Å²) in [5.41, 5.74) is 1.01. The number of pyridine rings is 1. The van der Waals surface area contributed by atoms with Crippen LogP contribution in [-0.4, -0.2) is 11.5 Å². The standard InChI is InChI=1S/C15H16Cl2N2O/c1-2-7-18-10-11-4-3-8-19-15(11)20-12-5-6-13(16)14(17)9-12/h3-6,8-9,18H,2,7,10H2,1H3. The molecule has 0 amide bonds. The van der Waals surface area contributed by atoms with Crippen LogP contribution in [0, 0.1) is 0 Å². The molecule has 0 aliphatic heterocycles. The second-order valence-corrected chi connectivity index (χ2v) is 5.14. The number of nitrogens with one attached hydrogen (secondary N) is 1. The predicted molar refractivity (Wildman–Crippen MR) is 82.8 cm³/mol. The molecule has 0 saturated carbocycles. The van der Waals surface area contributed by atoms with Gasteiger partial charge in [-0.05, 0) is 31.2 Å². The van der Waals surface area contributed by atoms with Crippen LogP contribution in [0.2, 0.25) is 10.0 Å². The largest absolute Gasteiger partial charge is 0.439 e. The number of nitrogens with zero attached hydrogens (tertiary/aromatic N) is 1. The quantitative estimate of drug-likeness (QED) is 0.787. The Labute approximate surface area is 128 Å². The summed E-state index contributed by atoms with van der Waals surface area (Å²) in [7, 11) is 0. The fourth-order valence-corrected chi connectivity index (χ4v) is 1.99. The molecule has 0 unspecified atom stereocenters. The van der Waals surface area contributed by atoms with Crippen molar-refractivity contribution in [3.63, 3.8) is 0 Å². The molecule has 106 valence electrons. The van der Waals surface area contributed by atoms with Gasteiger partial charge in [0.1, 0.15) is 5.75 Å². The van der Waals surface area contributed by atoms with Crippen LogP contribution in [-0.2, 0) is 6.54 Å². The van der Waals surface area contributed by atoms with E-state index in [2.05, 4.69) is 17.2 Å². The molecular weight excluding hydrogens is 295 g/mol. The lowest BCUT2D eigenvalue weighted by Gasteiger charge is -2.11. The Morgan fingerprint density at radius 2 is 2.05 bits per heavy atom. The van der Waals surface area contributed by atoms with Crippen LogP contribution in [0.1, 0.15) is 18.9 Å². The highest BCUT2D eigenvalue weighted by Crippen LogP contribution is 2.29. The zero-order chi connectivity index (χ0) is 14.4. The number of hydrogen-bond donors (Lipinski definition) is 1. The van der Waals surface area contributed by atoms with Crippen LogP contribution in [0.4, 0.5) is 0 Å². The van der Waals surface area contributed by atoms with Gasteiger partial charge in [-0.3, -0.25) is 0 Å². The summed E-state index contributed by atoms with van der Waals surface area (Å²) < 4.78 is 5.78. The van der Waals surface area contributed by atoms with E-state index >= 15 is 0 Å². The van der Waals surface area contributed by atoms with Crippen LogP contribution < -0.4 is 10.1 Å². The lowest BCUT2D eigenvalue weighted by Crippen LogP contribution is -2.14. The van der Waals surface area contributed by atoms with Crippen LogP contribution in [0.15, 0.2) is 36.5 Å². The maximum absolute atomic E-state index is 5.98. The molecule has 1 heterocycles. The third-order valence-electron chi connectivity index (χ3n) is 2.70. The predicted octanol–water partition coefficient (Wildman–Crippen LogP) is 4.68. The zero-order valence-corrected chi connectivity index (χ0v) is 12.7. The lowest BCUT2D eigenvalue weighted by atomic mass is 10.2. The summed E-state index contributed by atoms with van der Waals surface area (Å²) in [6, 6.07) is 9.04. The van der Waals surface area contributed by atoms with Gasteiger partial charge in [0.25, 0.3) is 0 Å². The summed E-state index contributed by atoms with van der Waals surface area (Å²) >= 11 is 11.9. The monoisotopic (exact) mass is 310 g/mol. The summed E-state index contributed by atoms with van der Waals surface area (Å²) in [4.78, 5) is 4.27. The first-order valence-electron chi connectivity index (χ1n) is 6.48.